The van der Waals surface area contributed by atoms with E-state index in [4.69, 9.17) is 0 Å². The number of hydrogen-bond acceptors (Lipinski definition) is 3. The predicted octanol–water partition coefficient (Wildman–Crippen LogP) is 2.74. The summed E-state index contributed by atoms with van der Waals surface area (Å²) in [4.78, 5) is 5.02. The van der Waals surface area contributed by atoms with Crippen LogP contribution in [-0.4, -0.2) is 39.8 Å². The lowest BCUT2D eigenvalue weighted by molar-refractivity contribution is 0.602. The molecule has 3 rings (SSSR count). The Morgan fingerprint density at radius 3 is 2.44 bits per heavy atom. The Bertz CT molecular complexity index is 877. The molecule has 2 aromatic rings. The van der Waals surface area contributed by atoms with Crippen LogP contribution in [0.5, 0.6) is 0 Å². The van der Waals surface area contributed by atoms with Crippen molar-refractivity contribution in [1.29, 1.82) is 0 Å². The van der Waals surface area contributed by atoms with Gasteiger partial charge in [0.1, 0.15) is 0 Å². The highest BCUT2D eigenvalue weighted by molar-refractivity contribution is 7.90. The van der Waals surface area contributed by atoms with Crippen LogP contribution >= 0.6 is 0 Å². The molecule has 0 aromatic heterocycles. The first-order valence-corrected chi connectivity index (χ1v) is 11.3. The molecule has 1 fully saturated rings. The normalized spacial score (nSPS) is 19.6. The van der Waals surface area contributed by atoms with E-state index in [9.17, 15) is 8.42 Å². The third-order valence-corrected chi connectivity index (χ3v) is 5.83. The van der Waals surface area contributed by atoms with Gasteiger partial charge in [0.2, 0.25) is 0 Å². The monoisotopic (exact) mass is 385 g/mol. The van der Waals surface area contributed by atoms with Crippen LogP contribution in [0.4, 0.5) is 0 Å². The fourth-order valence-electron chi connectivity index (χ4n) is 3.12. The minimum atomic E-state index is -3.14. The Labute approximate surface area is 161 Å². The third kappa shape index (κ3) is 5.57. The second kappa shape index (κ2) is 8.57. The van der Waals surface area contributed by atoms with E-state index in [0.717, 1.165) is 30.9 Å². The highest BCUT2D eigenvalue weighted by atomic mass is 32.2. The van der Waals surface area contributed by atoms with Gasteiger partial charge in [0.25, 0.3) is 0 Å². The molecule has 0 amide bonds. The van der Waals surface area contributed by atoms with Crippen molar-refractivity contribution in [3.63, 3.8) is 0 Å². The summed E-state index contributed by atoms with van der Waals surface area (Å²) >= 11 is 0. The number of sulfone groups is 1. The van der Waals surface area contributed by atoms with Crippen LogP contribution in [0.25, 0.3) is 0 Å². The fourth-order valence-corrected chi connectivity index (χ4v) is 3.75. The fraction of sp³-hybridized carbons (Fsp3) is 0.381. The first kappa shape index (κ1) is 19.4. The summed E-state index contributed by atoms with van der Waals surface area (Å²) < 4.78 is 23.0. The topological polar surface area (TPSA) is 70.6 Å². The maximum absolute atomic E-state index is 11.5. The molecule has 0 spiro atoms. The zero-order chi connectivity index (χ0) is 19.3. The van der Waals surface area contributed by atoms with Gasteiger partial charge in [-0.25, -0.2) is 8.42 Å². The van der Waals surface area contributed by atoms with Crippen molar-refractivity contribution in [2.45, 2.75) is 36.6 Å². The molecule has 0 heterocycles. The Kier molecular flexibility index (Phi) is 6.16. The molecule has 1 aliphatic rings. The summed E-state index contributed by atoms with van der Waals surface area (Å²) in [5, 5.41) is 6.82. The Morgan fingerprint density at radius 2 is 1.81 bits per heavy atom. The van der Waals surface area contributed by atoms with Crippen molar-refractivity contribution in [2.24, 2.45) is 4.99 Å². The average molecular weight is 386 g/mol. The van der Waals surface area contributed by atoms with E-state index < -0.39 is 9.84 Å². The molecule has 2 aromatic carbocycles. The number of nitrogens with zero attached hydrogens (tertiary/aromatic N) is 1. The molecule has 2 atom stereocenters. The van der Waals surface area contributed by atoms with E-state index in [1.807, 2.05) is 18.2 Å². The first-order chi connectivity index (χ1) is 13.0. The standard InChI is InChI=1S/C21H27N3O2S/c1-3-22-21(24-20-15-19(20)17-7-5-4-6-8-17)23-14-13-16-9-11-18(12-10-16)27(2,25)26/h4-12,19-20H,3,13-15H2,1-2H3,(H2,22,23,24). The largest absolute Gasteiger partial charge is 0.357 e. The lowest BCUT2D eigenvalue weighted by Crippen LogP contribution is -2.39. The maximum Gasteiger partial charge on any atom is 0.191 e. The van der Waals surface area contributed by atoms with E-state index in [0.29, 0.717) is 23.4 Å². The summed E-state index contributed by atoms with van der Waals surface area (Å²) in [5.41, 5.74) is 2.45. The Balaban J connectivity index is 1.54. The molecule has 2 N–H and O–H groups in total. The summed E-state index contributed by atoms with van der Waals surface area (Å²) in [6.45, 7) is 3.52. The summed E-state index contributed by atoms with van der Waals surface area (Å²) in [5.74, 6) is 1.40. The van der Waals surface area contributed by atoms with Crippen LogP contribution in [0.1, 0.15) is 30.4 Å². The summed E-state index contributed by atoms with van der Waals surface area (Å²) in [6, 6.07) is 18.0. The summed E-state index contributed by atoms with van der Waals surface area (Å²) in [6.07, 6.45) is 3.12. The van der Waals surface area contributed by atoms with Gasteiger partial charge in [0.05, 0.1) is 4.90 Å². The van der Waals surface area contributed by atoms with E-state index in [2.05, 4.69) is 46.8 Å². The van der Waals surface area contributed by atoms with Crippen LogP contribution < -0.4 is 10.6 Å². The maximum atomic E-state index is 11.5. The van der Waals surface area contributed by atoms with Gasteiger partial charge in [-0.3, -0.25) is 4.99 Å². The van der Waals surface area contributed by atoms with Crippen molar-refractivity contribution >= 4 is 15.8 Å². The SMILES string of the molecule is CCNC(=NCCc1ccc(S(C)(=O)=O)cc1)NC1CC1c1ccccc1. The zero-order valence-electron chi connectivity index (χ0n) is 15.9. The van der Waals surface area contributed by atoms with Gasteiger partial charge in [0.15, 0.2) is 15.8 Å². The third-order valence-electron chi connectivity index (χ3n) is 4.71. The molecule has 144 valence electrons. The van der Waals surface area contributed by atoms with Crippen molar-refractivity contribution in [1.82, 2.24) is 10.6 Å². The molecule has 2 unspecified atom stereocenters. The molecule has 1 saturated carbocycles. The molecule has 5 nitrogen and oxygen atoms in total. The number of rotatable bonds is 7. The van der Waals surface area contributed by atoms with Crippen LogP contribution in [0.3, 0.4) is 0 Å². The molecular weight excluding hydrogens is 358 g/mol. The number of benzene rings is 2. The second-order valence-electron chi connectivity index (χ2n) is 6.93. The molecule has 0 saturated heterocycles. The first-order valence-electron chi connectivity index (χ1n) is 9.36. The van der Waals surface area contributed by atoms with E-state index in [1.54, 1.807) is 12.1 Å². The van der Waals surface area contributed by atoms with Crippen LogP contribution in [0, 0.1) is 0 Å². The van der Waals surface area contributed by atoms with Crippen molar-refractivity contribution in [3.05, 3.63) is 65.7 Å². The van der Waals surface area contributed by atoms with Gasteiger partial charge in [-0.15, -0.1) is 0 Å². The lowest BCUT2D eigenvalue weighted by Gasteiger charge is -2.11. The van der Waals surface area contributed by atoms with Gasteiger partial charge >= 0.3 is 0 Å². The molecule has 1 aliphatic carbocycles. The Morgan fingerprint density at radius 1 is 1.11 bits per heavy atom. The molecule has 6 heteroatoms. The van der Waals surface area contributed by atoms with Crippen molar-refractivity contribution in [3.8, 4) is 0 Å². The smallest absolute Gasteiger partial charge is 0.191 e. The quantitative estimate of drug-likeness (QED) is 0.568. The van der Waals surface area contributed by atoms with Crippen LogP contribution in [0.2, 0.25) is 0 Å². The van der Waals surface area contributed by atoms with Gasteiger partial charge in [-0.2, -0.15) is 0 Å². The van der Waals surface area contributed by atoms with Crippen LogP contribution in [0.15, 0.2) is 64.5 Å². The highest BCUT2D eigenvalue weighted by Crippen LogP contribution is 2.40. The highest BCUT2D eigenvalue weighted by Gasteiger charge is 2.38. The number of hydrogen-bond donors (Lipinski definition) is 2. The van der Waals surface area contributed by atoms with Gasteiger partial charge in [-0.05, 0) is 43.0 Å². The second-order valence-corrected chi connectivity index (χ2v) is 8.95. The molecular formula is C21H27N3O2S. The van der Waals surface area contributed by atoms with E-state index >= 15 is 0 Å². The summed E-state index contributed by atoms with van der Waals surface area (Å²) in [7, 11) is -3.14. The molecule has 0 radical (unpaired) electrons. The van der Waals surface area contributed by atoms with Crippen molar-refractivity contribution < 1.29 is 8.42 Å². The van der Waals surface area contributed by atoms with Gasteiger partial charge < -0.3 is 10.6 Å². The average Bonchev–Trinajstić information content (AvgIpc) is 3.41. The molecule has 0 bridgehead atoms. The Hall–Kier alpha value is -2.34. The van der Waals surface area contributed by atoms with Gasteiger partial charge in [-0.1, -0.05) is 42.5 Å². The van der Waals surface area contributed by atoms with E-state index in [1.165, 1.54) is 11.8 Å². The van der Waals surface area contributed by atoms with Crippen molar-refractivity contribution in [2.75, 3.05) is 19.3 Å². The predicted molar refractivity (Wildman–Crippen MR) is 110 cm³/mol. The lowest BCUT2D eigenvalue weighted by atomic mass is 10.1. The minimum Gasteiger partial charge on any atom is -0.357 e. The number of guanidine groups is 1. The zero-order valence-corrected chi connectivity index (χ0v) is 16.7. The number of aliphatic imine (C=N–C) groups is 1. The number of nitrogens with one attached hydrogen (secondary N) is 2. The molecule has 0 aliphatic heterocycles. The van der Waals surface area contributed by atoms with E-state index in [-0.39, 0.29) is 0 Å². The molecule has 27 heavy (non-hydrogen) atoms. The van der Waals surface area contributed by atoms with Gasteiger partial charge in [0, 0.05) is 31.3 Å². The van der Waals surface area contributed by atoms with Crippen LogP contribution in [-0.2, 0) is 16.3 Å². The minimum absolute atomic E-state index is 0.352.